The quantitative estimate of drug-likeness (QED) is 0.396. The zero-order valence-corrected chi connectivity index (χ0v) is 19.4. The van der Waals surface area contributed by atoms with E-state index < -0.39 is 0 Å². The molecule has 0 spiro atoms. The fourth-order valence-electron chi connectivity index (χ4n) is 4.50. The molecule has 4 aromatic heterocycles. The molecule has 1 unspecified atom stereocenters. The monoisotopic (exact) mass is 466 g/mol. The molecule has 0 saturated carbocycles. The standard InChI is InChI=1S/C26H26N8O/c1-32-15-20(13-31-32)19-4-2-18(3-5-19)12-27-25-11-23(29-17-30-25)24-14-28-26-10-21(6-9-34(24)26)33-8-7-22(35)16-33/h2-6,9-11,13-15,17,22,35H,7-8,12,16H2,1H3,(H,27,29,30). The fourth-order valence-corrected chi connectivity index (χ4v) is 4.50. The Kier molecular flexibility index (Phi) is 5.38. The maximum atomic E-state index is 9.84. The van der Waals surface area contributed by atoms with Crippen LogP contribution in [-0.4, -0.2) is 53.4 Å². The van der Waals surface area contributed by atoms with Gasteiger partial charge in [0.1, 0.15) is 17.8 Å². The zero-order chi connectivity index (χ0) is 23.8. The molecule has 0 bridgehead atoms. The zero-order valence-electron chi connectivity index (χ0n) is 19.4. The van der Waals surface area contributed by atoms with Crippen molar-refractivity contribution in [3.63, 3.8) is 0 Å². The number of β-amino-alcohol motifs (C(OH)–C–C–N with tert-alkyl or cyclic N) is 1. The maximum Gasteiger partial charge on any atom is 0.139 e. The second kappa shape index (κ2) is 8.84. The van der Waals surface area contributed by atoms with Crippen LogP contribution in [0.15, 0.2) is 73.6 Å². The summed E-state index contributed by atoms with van der Waals surface area (Å²) in [7, 11) is 1.92. The highest BCUT2D eigenvalue weighted by molar-refractivity contribution is 5.66. The number of nitrogens with one attached hydrogen (secondary N) is 1. The smallest absolute Gasteiger partial charge is 0.139 e. The molecule has 9 heteroatoms. The van der Waals surface area contributed by atoms with Crippen molar-refractivity contribution in [3.05, 3.63) is 79.1 Å². The van der Waals surface area contributed by atoms with Crippen molar-refractivity contribution in [2.75, 3.05) is 23.3 Å². The summed E-state index contributed by atoms with van der Waals surface area (Å²) in [5.74, 6) is 0.754. The Morgan fingerprint density at radius 3 is 2.69 bits per heavy atom. The van der Waals surface area contributed by atoms with E-state index in [-0.39, 0.29) is 6.10 Å². The first-order valence-electron chi connectivity index (χ1n) is 11.7. The number of aryl methyl sites for hydroxylation is 1. The van der Waals surface area contributed by atoms with Gasteiger partial charge in [0.25, 0.3) is 0 Å². The predicted octanol–water partition coefficient (Wildman–Crippen LogP) is 3.37. The topological polar surface area (TPSA) is 96.4 Å². The van der Waals surface area contributed by atoms with Crippen molar-refractivity contribution in [1.29, 1.82) is 0 Å². The summed E-state index contributed by atoms with van der Waals surface area (Å²) in [6.07, 6.45) is 9.84. The van der Waals surface area contributed by atoms with Gasteiger partial charge in [0.05, 0.1) is 29.9 Å². The molecule has 1 aliphatic heterocycles. The number of rotatable bonds is 6. The third-order valence-electron chi connectivity index (χ3n) is 6.42. The number of aliphatic hydroxyl groups excluding tert-OH is 1. The maximum absolute atomic E-state index is 9.84. The number of anilines is 2. The average Bonchev–Trinajstić information content (AvgIpc) is 3.62. The van der Waals surface area contributed by atoms with E-state index in [9.17, 15) is 5.11 Å². The van der Waals surface area contributed by atoms with E-state index in [1.807, 2.05) is 42.3 Å². The second-order valence-electron chi connectivity index (χ2n) is 8.89. The van der Waals surface area contributed by atoms with Gasteiger partial charge < -0.3 is 15.3 Å². The first-order valence-corrected chi connectivity index (χ1v) is 11.7. The highest BCUT2D eigenvalue weighted by atomic mass is 16.3. The van der Waals surface area contributed by atoms with E-state index in [1.54, 1.807) is 11.0 Å². The summed E-state index contributed by atoms with van der Waals surface area (Å²) in [5, 5.41) is 17.5. The number of fused-ring (bicyclic) bond motifs is 1. The molecule has 176 valence electrons. The van der Waals surface area contributed by atoms with Crippen molar-refractivity contribution in [1.82, 2.24) is 29.1 Å². The fraction of sp³-hybridized carbons (Fsp3) is 0.231. The van der Waals surface area contributed by atoms with E-state index in [0.29, 0.717) is 13.1 Å². The van der Waals surface area contributed by atoms with Crippen LogP contribution < -0.4 is 10.2 Å². The molecular formula is C26H26N8O. The van der Waals surface area contributed by atoms with E-state index in [1.165, 1.54) is 0 Å². The largest absolute Gasteiger partial charge is 0.391 e. The van der Waals surface area contributed by atoms with E-state index in [0.717, 1.165) is 58.2 Å². The molecule has 1 fully saturated rings. The van der Waals surface area contributed by atoms with Gasteiger partial charge in [-0.1, -0.05) is 24.3 Å². The van der Waals surface area contributed by atoms with Crippen molar-refractivity contribution in [2.24, 2.45) is 7.05 Å². The molecule has 0 aliphatic carbocycles. The molecule has 1 aliphatic rings. The van der Waals surface area contributed by atoms with Gasteiger partial charge in [-0.3, -0.25) is 9.08 Å². The van der Waals surface area contributed by atoms with Gasteiger partial charge in [0, 0.05) is 62.5 Å². The van der Waals surface area contributed by atoms with Crippen LogP contribution in [0.5, 0.6) is 0 Å². The minimum Gasteiger partial charge on any atom is -0.391 e. The summed E-state index contributed by atoms with van der Waals surface area (Å²) in [6, 6.07) is 14.5. The van der Waals surface area contributed by atoms with Gasteiger partial charge in [0.15, 0.2) is 0 Å². The number of aromatic nitrogens is 6. The lowest BCUT2D eigenvalue weighted by Crippen LogP contribution is -2.21. The highest BCUT2D eigenvalue weighted by Crippen LogP contribution is 2.26. The summed E-state index contributed by atoms with van der Waals surface area (Å²) in [4.78, 5) is 15.7. The van der Waals surface area contributed by atoms with Gasteiger partial charge in [-0.15, -0.1) is 0 Å². The third kappa shape index (κ3) is 4.33. The lowest BCUT2D eigenvalue weighted by Gasteiger charge is -2.17. The van der Waals surface area contributed by atoms with Gasteiger partial charge in [-0.05, 0) is 23.6 Å². The number of nitrogens with zero attached hydrogens (tertiary/aromatic N) is 7. The Balaban J connectivity index is 1.17. The molecule has 5 heterocycles. The first kappa shape index (κ1) is 21.3. The Labute approximate surface area is 202 Å². The summed E-state index contributed by atoms with van der Waals surface area (Å²) >= 11 is 0. The Bertz CT molecular complexity index is 1470. The van der Waals surface area contributed by atoms with Crippen molar-refractivity contribution in [2.45, 2.75) is 19.1 Å². The van der Waals surface area contributed by atoms with E-state index in [2.05, 4.69) is 66.7 Å². The van der Waals surface area contributed by atoms with Crippen molar-refractivity contribution >= 4 is 17.2 Å². The SMILES string of the molecule is Cn1cc(-c2ccc(CNc3cc(-c4cnc5cc(N6CCC(O)C6)ccn45)ncn3)cc2)cn1. The number of hydrogen-bond donors (Lipinski definition) is 2. The van der Waals surface area contributed by atoms with Crippen LogP contribution in [0.2, 0.25) is 0 Å². The van der Waals surface area contributed by atoms with Crippen molar-refractivity contribution < 1.29 is 5.11 Å². The Hall–Kier alpha value is -4.24. The normalized spacial score (nSPS) is 15.7. The molecule has 0 amide bonds. The molecular weight excluding hydrogens is 440 g/mol. The van der Waals surface area contributed by atoms with Gasteiger partial charge in [0.2, 0.25) is 0 Å². The average molecular weight is 467 g/mol. The number of imidazole rings is 1. The predicted molar refractivity (Wildman–Crippen MR) is 135 cm³/mol. The molecule has 9 nitrogen and oxygen atoms in total. The molecule has 6 rings (SSSR count). The molecule has 2 N–H and O–H groups in total. The van der Waals surface area contributed by atoms with Gasteiger partial charge in [-0.25, -0.2) is 15.0 Å². The summed E-state index contributed by atoms with van der Waals surface area (Å²) in [5.41, 5.74) is 7.03. The number of aliphatic hydroxyl groups is 1. The van der Waals surface area contributed by atoms with Crippen LogP contribution in [0, 0.1) is 0 Å². The van der Waals surface area contributed by atoms with E-state index in [4.69, 9.17) is 0 Å². The summed E-state index contributed by atoms with van der Waals surface area (Å²) < 4.78 is 3.83. The summed E-state index contributed by atoms with van der Waals surface area (Å²) in [6.45, 7) is 2.18. The molecule has 1 aromatic carbocycles. The molecule has 1 atom stereocenters. The van der Waals surface area contributed by atoms with Crippen LogP contribution in [0.1, 0.15) is 12.0 Å². The van der Waals surface area contributed by atoms with Crippen LogP contribution in [0.4, 0.5) is 11.5 Å². The van der Waals surface area contributed by atoms with Crippen molar-refractivity contribution in [3.8, 4) is 22.5 Å². The molecule has 0 radical (unpaired) electrons. The van der Waals surface area contributed by atoms with Crippen LogP contribution in [0.3, 0.4) is 0 Å². The molecule has 1 saturated heterocycles. The second-order valence-corrected chi connectivity index (χ2v) is 8.89. The third-order valence-corrected chi connectivity index (χ3v) is 6.42. The van der Waals surface area contributed by atoms with Crippen LogP contribution >= 0.6 is 0 Å². The van der Waals surface area contributed by atoms with Crippen LogP contribution in [0.25, 0.3) is 28.2 Å². The number of hydrogen-bond acceptors (Lipinski definition) is 7. The Morgan fingerprint density at radius 1 is 1.03 bits per heavy atom. The van der Waals surface area contributed by atoms with Gasteiger partial charge >= 0.3 is 0 Å². The molecule has 5 aromatic rings. The lowest BCUT2D eigenvalue weighted by molar-refractivity contribution is 0.198. The number of pyridine rings is 1. The van der Waals surface area contributed by atoms with Crippen LogP contribution in [-0.2, 0) is 13.6 Å². The number of benzene rings is 1. The minimum atomic E-state index is -0.257. The van der Waals surface area contributed by atoms with Gasteiger partial charge in [-0.2, -0.15) is 5.10 Å². The lowest BCUT2D eigenvalue weighted by atomic mass is 10.1. The highest BCUT2D eigenvalue weighted by Gasteiger charge is 2.21. The Morgan fingerprint density at radius 2 is 1.91 bits per heavy atom. The van der Waals surface area contributed by atoms with E-state index >= 15 is 0 Å². The first-order chi connectivity index (χ1) is 17.1. The molecule has 35 heavy (non-hydrogen) atoms. The minimum absolute atomic E-state index is 0.257.